The summed E-state index contributed by atoms with van der Waals surface area (Å²) >= 11 is 0. The van der Waals surface area contributed by atoms with Crippen LogP contribution in [0.3, 0.4) is 0 Å². The third kappa shape index (κ3) is 3.46. The summed E-state index contributed by atoms with van der Waals surface area (Å²) in [5.41, 5.74) is 2.91. The maximum Gasteiger partial charge on any atom is 0.269 e. The second-order valence-electron chi connectivity index (χ2n) is 7.08. The summed E-state index contributed by atoms with van der Waals surface area (Å²) in [7, 11) is 2.04. The Morgan fingerprint density at radius 3 is 2.75 bits per heavy atom. The molecule has 144 valence electrons. The minimum atomic E-state index is -0.391. The molecule has 1 atom stereocenters. The van der Waals surface area contributed by atoms with Crippen LogP contribution in [-0.4, -0.2) is 42.8 Å². The summed E-state index contributed by atoms with van der Waals surface area (Å²) in [5.74, 6) is 0.757. The predicted molar refractivity (Wildman–Crippen MR) is 103 cm³/mol. The summed E-state index contributed by atoms with van der Waals surface area (Å²) in [6.45, 7) is 0.688. The first-order valence-corrected chi connectivity index (χ1v) is 9.17. The van der Waals surface area contributed by atoms with Gasteiger partial charge in [-0.15, -0.1) is 0 Å². The molecule has 1 aliphatic carbocycles. The van der Waals surface area contributed by atoms with Crippen LogP contribution in [0.4, 0.5) is 5.69 Å². The van der Waals surface area contributed by atoms with Crippen LogP contribution in [0.1, 0.15) is 23.2 Å². The van der Waals surface area contributed by atoms with E-state index in [-0.39, 0.29) is 17.6 Å². The van der Waals surface area contributed by atoms with E-state index in [2.05, 4.69) is 15.0 Å². The lowest BCUT2D eigenvalue weighted by Crippen LogP contribution is -2.35. The standard InChI is InChI=1S/C20H21N5O3/c1-23(13-14-5-7-15(8-6-14)25(27)28)16-9-10-18-17(12-16)20(26)24(22-18)19-4-2-3-11-21-19/h2-8,11,16,26H,9-10,12-13H2,1H3. The predicted octanol–water partition coefficient (Wildman–Crippen LogP) is 2.87. The molecule has 1 N–H and O–H groups in total. The normalized spacial score (nSPS) is 16.1. The Kier molecular flexibility index (Phi) is 4.79. The molecule has 8 nitrogen and oxygen atoms in total. The highest BCUT2D eigenvalue weighted by Crippen LogP contribution is 2.32. The summed E-state index contributed by atoms with van der Waals surface area (Å²) in [6, 6.07) is 12.4. The van der Waals surface area contributed by atoms with Gasteiger partial charge in [-0.2, -0.15) is 9.78 Å². The van der Waals surface area contributed by atoms with E-state index in [1.807, 2.05) is 25.2 Å². The van der Waals surface area contributed by atoms with E-state index in [1.54, 1.807) is 18.3 Å². The highest BCUT2D eigenvalue weighted by Gasteiger charge is 2.29. The molecule has 0 bridgehead atoms. The first-order valence-electron chi connectivity index (χ1n) is 9.17. The molecule has 1 aliphatic rings. The van der Waals surface area contributed by atoms with Crippen LogP contribution < -0.4 is 0 Å². The van der Waals surface area contributed by atoms with Crippen LogP contribution >= 0.6 is 0 Å². The van der Waals surface area contributed by atoms with E-state index in [1.165, 1.54) is 16.8 Å². The number of fused-ring (bicyclic) bond motifs is 1. The van der Waals surface area contributed by atoms with Crippen LogP contribution in [0.5, 0.6) is 5.88 Å². The van der Waals surface area contributed by atoms with E-state index in [9.17, 15) is 15.2 Å². The fraction of sp³-hybridized carbons (Fsp3) is 0.300. The fourth-order valence-corrected chi connectivity index (χ4v) is 3.69. The molecule has 0 spiro atoms. The molecule has 0 saturated heterocycles. The van der Waals surface area contributed by atoms with Gasteiger partial charge in [-0.25, -0.2) is 4.98 Å². The lowest BCUT2D eigenvalue weighted by Gasteiger charge is -2.30. The number of pyridine rings is 1. The highest BCUT2D eigenvalue weighted by atomic mass is 16.6. The van der Waals surface area contributed by atoms with Gasteiger partial charge in [-0.05, 0) is 44.0 Å². The number of nitro benzene ring substituents is 1. The summed E-state index contributed by atoms with van der Waals surface area (Å²) in [5, 5.41) is 26.0. The largest absolute Gasteiger partial charge is 0.493 e. The molecule has 0 aliphatic heterocycles. The van der Waals surface area contributed by atoms with Crippen molar-refractivity contribution in [2.24, 2.45) is 0 Å². The van der Waals surface area contributed by atoms with Crippen molar-refractivity contribution in [3.8, 4) is 11.7 Å². The maximum atomic E-state index is 10.8. The number of hydrogen-bond acceptors (Lipinski definition) is 6. The quantitative estimate of drug-likeness (QED) is 0.541. The lowest BCUT2D eigenvalue weighted by molar-refractivity contribution is -0.384. The number of aryl methyl sites for hydroxylation is 1. The molecule has 3 aromatic rings. The van der Waals surface area contributed by atoms with Gasteiger partial charge in [-0.1, -0.05) is 18.2 Å². The Morgan fingerprint density at radius 2 is 2.07 bits per heavy atom. The van der Waals surface area contributed by atoms with Crippen molar-refractivity contribution in [2.75, 3.05) is 7.05 Å². The van der Waals surface area contributed by atoms with Gasteiger partial charge in [0.15, 0.2) is 5.82 Å². The SMILES string of the molecule is CN(Cc1ccc([N+](=O)[O-])cc1)C1CCc2nn(-c3ccccn3)c(O)c2C1. The second kappa shape index (κ2) is 7.40. The summed E-state index contributed by atoms with van der Waals surface area (Å²) in [6.07, 6.45) is 4.11. The van der Waals surface area contributed by atoms with Gasteiger partial charge in [0.25, 0.3) is 5.69 Å². The maximum absolute atomic E-state index is 10.8. The molecular weight excluding hydrogens is 358 g/mol. The molecule has 0 saturated carbocycles. The van der Waals surface area contributed by atoms with Crippen molar-refractivity contribution >= 4 is 5.69 Å². The van der Waals surface area contributed by atoms with Crippen molar-refractivity contribution in [1.29, 1.82) is 0 Å². The molecule has 2 heterocycles. The number of benzene rings is 1. The van der Waals surface area contributed by atoms with Gasteiger partial charge < -0.3 is 5.11 Å². The average Bonchev–Trinajstić information content (AvgIpc) is 3.05. The van der Waals surface area contributed by atoms with Gasteiger partial charge in [0.1, 0.15) is 0 Å². The number of rotatable bonds is 5. The molecule has 2 aromatic heterocycles. The average molecular weight is 379 g/mol. The number of aromatic nitrogens is 3. The van der Waals surface area contributed by atoms with Crippen molar-refractivity contribution in [1.82, 2.24) is 19.7 Å². The lowest BCUT2D eigenvalue weighted by atomic mass is 9.92. The zero-order valence-electron chi connectivity index (χ0n) is 15.5. The van der Waals surface area contributed by atoms with Crippen LogP contribution in [0, 0.1) is 10.1 Å². The van der Waals surface area contributed by atoms with Crippen molar-refractivity contribution in [3.63, 3.8) is 0 Å². The second-order valence-corrected chi connectivity index (χ2v) is 7.08. The highest BCUT2D eigenvalue weighted by molar-refractivity contribution is 5.39. The Bertz CT molecular complexity index is 985. The number of non-ortho nitro benzene ring substituents is 1. The van der Waals surface area contributed by atoms with Crippen LogP contribution in [0.2, 0.25) is 0 Å². The topological polar surface area (TPSA) is 97.3 Å². The van der Waals surface area contributed by atoms with Crippen molar-refractivity contribution in [2.45, 2.75) is 31.8 Å². The number of hydrogen-bond donors (Lipinski definition) is 1. The first kappa shape index (κ1) is 18.1. The molecular formula is C20H21N5O3. The van der Waals surface area contributed by atoms with Gasteiger partial charge in [0.2, 0.25) is 5.88 Å². The summed E-state index contributed by atoms with van der Waals surface area (Å²) in [4.78, 5) is 16.9. The van der Waals surface area contributed by atoms with Crippen molar-refractivity contribution < 1.29 is 10.0 Å². The van der Waals surface area contributed by atoms with Crippen LogP contribution in [-0.2, 0) is 19.4 Å². The van der Waals surface area contributed by atoms with Gasteiger partial charge >= 0.3 is 0 Å². The van der Waals surface area contributed by atoms with Crippen LogP contribution in [0.25, 0.3) is 5.82 Å². The Balaban J connectivity index is 1.49. The Hall–Kier alpha value is -3.26. The van der Waals surface area contributed by atoms with Crippen LogP contribution in [0.15, 0.2) is 48.7 Å². The molecule has 4 rings (SSSR count). The summed E-state index contributed by atoms with van der Waals surface area (Å²) < 4.78 is 1.50. The molecule has 8 heteroatoms. The van der Waals surface area contributed by atoms with Crippen molar-refractivity contribution in [3.05, 3.63) is 75.6 Å². The molecule has 1 unspecified atom stereocenters. The van der Waals surface area contributed by atoms with E-state index in [0.29, 0.717) is 18.8 Å². The van der Waals surface area contributed by atoms with E-state index < -0.39 is 4.92 Å². The first-order chi connectivity index (χ1) is 13.5. The fourth-order valence-electron chi connectivity index (χ4n) is 3.69. The third-order valence-electron chi connectivity index (χ3n) is 5.26. The van der Waals surface area contributed by atoms with E-state index >= 15 is 0 Å². The number of nitro groups is 1. The number of aromatic hydroxyl groups is 1. The van der Waals surface area contributed by atoms with E-state index in [0.717, 1.165) is 29.7 Å². The minimum Gasteiger partial charge on any atom is -0.493 e. The zero-order valence-corrected chi connectivity index (χ0v) is 15.5. The van der Waals surface area contributed by atoms with E-state index in [4.69, 9.17) is 0 Å². The number of likely N-dealkylation sites (N-methyl/N-ethyl adjacent to an activating group) is 1. The Morgan fingerprint density at radius 1 is 1.29 bits per heavy atom. The zero-order chi connectivity index (χ0) is 19.7. The third-order valence-corrected chi connectivity index (χ3v) is 5.26. The molecule has 1 aromatic carbocycles. The van der Waals surface area contributed by atoms with Gasteiger partial charge in [0, 0.05) is 36.5 Å². The van der Waals surface area contributed by atoms with Gasteiger partial charge in [0.05, 0.1) is 10.6 Å². The smallest absolute Gasteiger partial charge is 0.269 e. The molecule has 0 fully saturated rings. The van der Waals surface area contributed by atoms with Gasteiger partial charge in [-0.3, -0.25) is 15.0 Å². The molecule has 0 radical (unpaired) electrons. The monoisotopic (exact) mass is 379 g/mol. The minimum absolute atomic E-state index is 0.0977. The Labute approximate surface area is 162 Å². The molecule has 0 amide bonds. The number of nitrogens with zero attached hydrogens (tertiary/aromatic N) is 5. The molecule has 28 heavy (non-hydrogen) atoms.